The van der Waals surface area contributed by atoms with E-state index in [9.17, 15) is 0 Å². The molecule has 0 atom stereocenters. The highest BCUT2D eigenvalue weighted by atomic mass is 15.0. The minimum atomic E-state index is -0.495. The lowest BCUT2D eigenvalue weighted by molar-refractivity contribution is 0.794. The molecule has 9 aromatic carbocycles. The van der Waals surface area contributed by atoms with Gasteiger partial charge in [-0.3, -0.25) is 0 Å². The monoisotopic (exact) mass is 748 g/mol. The molecule has 0 amide bonds. The van der Waals surface area contributed by atoms with Gasteiger partial charge in [0.25, 0.3) is 0 Å². The Morgan fingerprint density at radius 2 is 0.797 bits per heavy atom. The smallest absolute Gasteiger partial charge is 0.195 e. The first-order valence-electron chi connectivity index (χ1n) is 19.9. The van der Waals surface area contributed by atoms with Crippen LogP contribution in [-0.4, -0.2) is 15.0 Å². The second-order valence-electron chi connectivity index (χ2n) is 15.4. The quantitative estimate of drug-likeness (QED) is 0.168. The predicted octanol–water partition coefficient (Wildman–Crippen LogP) is 13.7. The summed E-state index contributed by atoms with van der Waals surface area (Å²) in [4.78, 5) is 19.3. The standard InChI is InChI=1S/C55H32N4/c1-56-50-20-10-19-49-51(50)45-33-40(29-30-48(45)55(49)46-17-8-6-15-43(46)44-16-7-9-18-47(44)55)36-21-25-37(26-22-36)52-57-53(41-27-23-34-11-2-4-13-38(34)31-41)59-54(58-52)42-28-24-35-12-3-5-14-39(35)32-42/h2-33H. The van der Waals surface area contributed by atoms with Gasteiger partial charge in [-0.15, -0.1) is 0 Å². The zero-order chi connectivity index (χ0) is 39.1. The first-order valence-corrected chi connectivity index (χ1v) is 19.9. The lowest BCUT2D eigenvalue weighted by atomic mass is 9.70. The summed E-state index contributed by atoms with van der Waals surface area (Å²) in [5.74, 6) is 1.87. The molecule has 1 spiro atoms. The van der Waals surface area contributed by atoms with Gasteiger partial charge in [0.1, 0.15) is 0 Å². The number of aromatic nitrogens is 3. The van der Waals surface area contributed by atoms with Crippen LogP contribution >= 0.6 is 0 Å². The summed E-state index contributed by atoms with van der Waals surface area (Å²) in [6.07, 6.45) is 0. The first-order chi connectivity index (χ1) is 29.2. The summed E-state index contributed by atoms with van der Waals surface area (Å²) in [6, 6.07) is 68.5. The molecule has 4 heteroatoms. The molecule has 0 saturated heterocycles. The number of nitrogens with zero attached hydrogens (tertiary/aromatic N) is 4. The van der Waals surface area contributed by atoms with Gasteiger partial charge >= 0.3 is 0 Å². The van der Waals surface area contributed by atoms with Crippen LogP contribution in [0.4, 0.5) is 5.69 Å². The van der Waals surface area contributed by atoms with Crippen LogP contribution in [0.1, 0.15) is 22.3 Å². The number of hydrogen-bond donors (Lipinski definition) is 0. The minimum absolute atomic E-state index is 0.495. The number of benzene rings is 9. The van der Waals surface area contributed by atoms with Crippen molar-refractivity contribution in [3.63, 3.8) is 0 Å². The van der Waals surface area contributed by atoms with Crippen LogP contribution in [0.5, 0.6) is 0 Å². The van der Waals surface area contributed by atoms with E-state index in [0.29, 0.717) is 23.2 Å². The zero-order valence-electron chi connectivity index (χ0n) is 31.8. The van der Waals surface area contributed by atoms with Gasteiger partial charge in [0.15, 0.2) is 23.2 Å². The fourth-order valence-corrected chi connectivity index (χ4v) is 9.68. The third kappa shape index (κ3) is 4.92. The van der Waals surface area contributed by atoms with Crippen molar-refractivity contribution >= 4 is 27.2 Å². The molecule has 59 heavy (non-hydrogen) atoms. The van der Waals surface area contributed by atoms with Gasteiger partial charge in [-0.05, 0) is 95.4 Å². The van der Waals surface area contributed by atoms with E-state index in [-0.39, 0.29) is 0 Å². The summed E-state index contributed by atoms with van der Waals surface area (Å²) >= 11 is 0. The van der Waals surface area contributed by atoms with Gasteiger partial charge < -0.3 is 0 Å². The van der Waals surface area contributed by atoms with Crippen molar-refractivity contribution in [2.24, 2.45) is 0 Å². The highest BCUT2D eigenvalue weighted by molar-refractivity contribution is 6.00. The average Bonchev–Trinajstić information content (AvgIpc) is 3.78. The van der Waals surface area contributed by atoms with Crippen molar-refractivity contribution < 1.29 is 0 Å². The molecule has 0 aliphatic heterocycles. The van der Waals surface area contributed by atoms with Crippen LogP contribution in [0, 0.1) is 6.57 Å². The summed E-state index contributed by atoms with van der Waals surface area (Å²) in [5.41, 5.74) is 14.7. The number of hydrogen-bond acceptors (Lipinski definition) is 3. The Morgan fingerprint density at radius 3 is 1.39 bits per heavy atom. The van der Waals surface area contributed by atoms with Crippen LogP contribution < -0.4 is 0 Å². The largest absolute Gasteiger partial charge is 0.238 e. The molecule has 0 bridgehead atoms. The van der Waals surface area contributed by atoms with E-state index in [1.54, 1.807) is 0 Å². The van der Waals surface area contributed by atoms with E-state index >= 15 is 0 Å². The number of rotatable bonds is 4. The van der Waals surface area contributed by atoms with Gasteiger partial charge in [-0.1, -0.05) is 176 Å². The van der Waals surface area contributed by atoms with E-state index in [0.717, 1.165) is 49.7 Å². The lowest BCUT2D eigenvalue weighted by Gasteiger charge is -2.30. The Labute approximate surface area is 341 Å². The summed E-state index contributed by atoms with van der Waals surface area (Å²) in [5, 5.41) is 4.61. The predicted molar refractivity (Wildman–Crippen MR) is 239 cm³/mol. The second-order valence-corrected chi connectivity index (χ2v) is 15.4. The molecular weight excluding hydrogens is 717 g/mol. The fourth-order valence-electron chi connectivity index (χ4n) is 9.68. The first kappa shape index (κ1) is 33.2. The molecular formula is C55H32N4. The third-order valence-electron chi connectivity index (χ3n) is 12.3. The van der Waals surface area contributed by atoms with Crippen molar-refractivity contribution in [2.45, 2.75) is 5.41 Å². The maximum atomic E-state index is 8.25. The maximum Gasteiger partial charge on any atom is 0.195 e. The maximum absolute atomic E-state index is 8.25. The average molecular weight is 749 g/mol. The molecule has 1 aromatic heterocycles. The van der Waals surface area contributed by atoms with Gasteiger partial charge in [0, 0.05) is 16.7 Å². The van der Waals surface area contributed by atoms with Crippen LogP contribution in [0.25, 0.3) is 93.9 Å². The SMILES string of the molecule is [C-]#[N+]c1cccc2c1-c1cc(-c3ccc(-c4nc(-c5ccc6ccccc6c5)nc(-c5ccc6ccccc6c5)n4)cc3)ccc1C21c2ccccc2-c2ccccc21. The Kier molecular flexibility index (Phi) is 7.17. The molecule has 10 aromatic rings. The third-order valence-corrected chi connectivity index (χ3v) is 12.3. The molecule has 4 nitrogen and oxygen atoms in total. The fraction of sp³-hybridized carbons (Fsp3) is 0.0182. The highest BCUT2D eigenvalue weighted by Gasteiger charge is 2.51. The van der Waals surface area contributed by atoms with Gasteiger partial charge in [-0.25, -0.2) is 19.8 Å². The summed E-state index contributed by atoms with van der Waals surface area (Å²) in [6.45, 7) is 8.25. The topological polar surface area (TPSA) is 43.0 Å². The molecule has 12 rings (SSSR count). The van der Waals surface area contributed by atoms with Crippen molar-refractivity contribution in [1.82, 2.24) is 15.0 Å². The molecule has 2 aliphatic rings. The van der Waals surface area contributed by atoms with Gasteiger partial charge in [0.05, 0.1) is 12.0 Å². The molecule has 1 heterocycles. The molecule has 0 saturated carbocycles. The second kappa shape index (κ2) is 12.8. The summed E-state index contributed by atoms with van der Waals surface area (Å²) < 4.78 is 0. The minimum Gasteiger partial charge on any atom is -0.238 e. The van der Waals surface area contributed by atoms with E-state index in [4.69, 9.17) is 21.5 Å². The molecule has 0 unspecified atom stereocenters. The Hall–Kier alpha value is -8.00. The summed E-state index contributed by atoms with van der Waals surface area (Å²) in [7, 11) is 0. The lowest BCUT2D eigenvalue weighted by Crippen LogP contribution is -2.25. The van der Waals surface area contributed by atoms with Crippen molar-refractivity contribution in [2.75, 3.05) is 0 Å². The van der Waals surface area contributed by atoms with Crippen molar-refractivity contribution in [3.8, 4) is 67.5 Å². The van der Waals surface area contributed by atoms with Crippen molar-refractivity contribution in [1.29, 1.82) is 0 Å². The van der Waals surface area contributed by atoms with E-state index in [1.807, 2.05) is 12.1 Å². The highest BCUT2D eigenvalue weighted by Crippen LogP contribution is 2.64. The Morgan fingerprint density at radius 1 is 0.339 bits per heavy atom. The molecule has 0 radical (unpaired) electrons. The zero-order valence-corrected chi connectivity index (χ0v) is 31.8. The van der Waals surface area contributed by atoms with Gasteiger partial charge in [-0.2, -0.15) is 0 Å². The molecule has 272 valence electrons. The molecule has 2 aliphatic carbocycles. The molecule has 0 fully saturated rings. The molecule has 0 N–H and O–H groups in total. The van der Waals surface area contributed by atoms with Crippen LogP contribution in [-0.2, 0) is 5.41 Å². The Balaban J connectivity index is 0.985. The Bertz CT molecular complexity index is 3270. The van der Waals surface area contributed by atoms with Crippen LogP contribution in [0.3, 0.4) is 0 Å². The van der Waals surface area contributed by atoms with Crippen LogP contribution in [0.15, 0.2) is 194 Å². The van der Waals surface area contributed by atoms with E-state index in [2.05, 4.69) is 187 Å². The normalized spacial score (nSPS) is 12.9. The van der Waals surface area contributed by atoms with Gasteiger partial charge in [0.2, 0.25) is 0 Å². The number of fused-ring (bicyclic) bond motifs is 12. The van der Waals surface area contributed by atoms with Crippen LogP contribution in [0.2, 0.25) is 0 Å². The van der Waals surface area contributed by atoms with E-state index < -0.39 is 5.41 Å². The van der Waals surface area contributed by atoms with Crippen molar-refractivity contribution in [3.05, 3.63) is 228 Å². The van der Waals surface area contributed by atoms with E-state index in [1.165, 1.54) is 44.2 Å².